The van der Waals surface area contributed by atoms with Crippen LogP contribution in [0.25, 0.3) is 0 Å². The van der Waals surface area contributed by atoms with Crippen molar-refractivity contribution in [3.8, 4) is 0 Å². The molecule has 0 aliphatic rings. The molecular formula is C15H23NO3S. The molecule has 0 aromatic heterocycles. The standard InChI is InChI=1S/C15H23NO3S/c1-15(2,3)20(18,19)9-8-14(17)10-12-6-4-5-7-13(12)11-16/h4-7H,8-11,16H2,1-3H3. The zero-order valence-electron chi connectivity index (χ0n) is 12.3. The molecular weight excluding hydrogens is 274 g/mol. The lowest BCUT2D eigenvalue weighted by molar-refractivity contribution is -0.118. The van der Waals surface area contributed by atoms with E-state index >= 15 is 0 Å². The van der Waals surface area contributed by atoms with Crippen LogP contribution in [0.15, 0.2) is 24.3 Å². The number of hydrogen-bond acceptors (Lipinski definition) is 4. The second kappa shape index (κ2) is 6.50. The van der Waals surface area contributed by atoms with Crippen molar-refractivity contribution < 1.29 is 13.2 Å². The van der Waals surface area contributed by atoms with Gasteiger partial charge in [0.15, 0.2) is 9.84 Å². The Kier molecular flexibility index (Phi) is 5.48. The molecule has 0 bridgehead atoms. The molecule has 4 nitrogen and oxygen atoms in total. The second-order valence-electron chi connectivity index (χ2n) is 5.87. The molecule has 0 amide bonds. The zero-order chi connectivity index (χ0) is 15.4. The monoisotopic (exact) mass is 297 g/mol. The number of ketones is 1. The van der Waals surface area contributed by atoms with E-state index in [1.54, 1.807) is 20.8 Å². The van der Waals surface area contributed by atoms with Gasteiger partial charge in [0, 0.05) is 19.4 Å². The Morgan fingerprint density at radius 3 is 2.20 bits per heavy atom. The Morgan fingerprint density at radius 2 is 1.70 bits per heavy atom. The smallest absolute Gasteiger partial charge is 0.155 e. The summed E-state index contributed by atoms with van der Waals surface area (Å²) in [7, 11) is -3.25. The van der Waals surface area contributed by atoms with Crippen molar-refractivity contribution in [2.75, 3.05) is 5.75 Å². The average Bonchev–Trinajstić information content (AvgIpc) is 2.36. The van der Waals surface area contributed by atoms with Crippen LogP contribution in [-0.2, 0) is 27.6 Å². The largest absolute Gasteiger partial charge is 0.326 e. The highest BCUT2D eigenvalue weighted by atomic mass is 32.2. The summed E-state index contributed by atoms with van der Waals surface area (Å²) >= 11 is 0. The fourth-order valence-electron chi connectivity index (χ4n) is 1.78. The van der Waals surface area contributed by atoms with Crippen molar-refractivity contribution >= 4 is 15.6 Å². The summed E-state index contributed by atoms with van der Waals surface area (Å²) < 4.78 is 23.1. The lowest BCUT2D eigenvalue weighted by atomic mass is 10.0. The Labute approximate surface area is 121 Å². The molecule has 1 aromatic carbocycles. The Morgan fingerprint density at radius 1 is 1.15 bits per heavy atom. The molecule has 0 saturated heterocycles. The van der Waals surface area contributed by atoms with Gasteiger partial charge in [-0.3, -0.25) is 4.79 Å². The van der Waals surface area contributed by atoms with Gasteiger partial charge in [0.1, 0.15) is 5.78 Å². The minimum Gasteiger partial charge on any atom is -0.326 e. The predicted molar refractivity (Wildman–Crippen MR) is 81.2 cm³/mol. The number of sulfone groups is 1. The zero-order valence-corrected chi connectivity index (χ0v) is 13.2. The third-order valence-electron chi connectivity index (χ3n) is 3.31. The van der Waals surface area contributed by atoms with Gasteiger partial charge in [0.25, 0.3) is 0 Å². The van der Waals surface area contributed by atoms with Crippen molar-refractivity contribution in [2.45, 2.75) is 44.9 Å². The maximum atomic E-state index is 12.0. The van der Waals surface area contributed by atoms with Gasteiger partial charge in [-0.2, -0.15) is 0 Å². The maximum absolute atomic E-state index is 12.0. The van der Waals surface area contributed by atoms with Gasteiger partial charge in [-0.1, -0.05) is 24.3 Å². The first-order valence-electron chi connectivity index (χ1n) is 6.68. The van der Waals surface area contributed by atoms with Crippen LogP contribution in [0.1, 0.15) is 38.3 Å². The van der Waals surface area contributed by atoms with Crippen LogP contribution in [0, 0.1) is 0 Å². The number of rotatable bonds is 6. The highest BCUT2D eigenvalue weighted by Gasteiger charge is 2.29. The molecule has 0 fully saturated rings. The molecule has 0 atom stereocenters. The van der Waals surface area contributed by atoms with Crippen molar-refractivity contribution in [1.82, 2.24) is 0 Å². The number of Topliss-reactive ketones (excluding diaryl/α,β-unsaturated/α-hetero) is 1. The van der Waals surface area contributed by atoms with Crippen LogP contribution in [-0.4, -0.2) is 24.7 Å². The fraction of sp³-hybridized carbons (Fsp3) is 0.533. The molecule has 0 aliphatic heterocycles. The van der Waals surface area contributed by atoms with E-state index in [4.69, 9.17) is 5.73 Å². The van der Waals surface area contributed by atoms with Gasteiger partial charge >= 0.3 is 0 Å². The van der Waals surface area contributed by atoms with E-state index in [2.05, 4.69) is 0 Å². The van der Waals surface area contributed by atoms with Crippen LogP contribution in [0.2, 0.25) is 0 Å². The average molecular weight is 297 g/mol. The Bertz CT molecular complexity index is 571. The number of hydrogen-bond donors (Lipinski definition) is 1. The Balaban J connectivity index is 2.66. The molecule has 0 spiro atoms. The van der Waals surface area contributed by atoms with Crippen LogP contribution in [0.4, 0.5) is 0 Å². The molecule has 20 heavy (non-hydrogen) atoms. The highest BCUT2D eigenvalue weighted by molar-refractivity contribution is 7.92. The summed E-state index contributed by atoms with van der Waals surface area (Å²) in [5.74, 6) is -0.168. The van der Waals surface area contributed by atoms with Gasteiger partial charge < -0.3 is 5.73 Å². The van der Waals surface area contributed by atoms with E-state index in [9.17, 15) is 13.2 Å². The molecule has 0 radical (unpaired) electrons. The van der Waals surface area contributed by atoms with Gasteiger partial charge in [-0.15, -0.1) is 0 Å². The number of nitrogens with two attached hydrogens (primary N) is 1. The van der Waals surface area contributed by atoms with E-state index in [-0.39, 0.29) is 24.4 Å². The van der Waals surface area contributed by atoms with E-state index in [1.165, 1.54) is 0 Å². The van der Waals surface area contributed by atoms with Gasteiger partial charge in [-0.25, -0.2) is 8.42 Å². The topological polar surface area (TPSA) is 77.2 Å². The van der Waals surface area contributed by atoms with Gasteiger partial charge in [0.2, 0.25) is 0 Å². The number of benzene rings is 1. The lowest BCUT2D eigenvalue weighted by Crippen LogP contribution is -2.31. The molecule has 112 valence electrons. The first-order chi connectivity index (χ1) is 9.17. The SMILES string of the molecule is CC(C)(C)S(=O)(=O)CCC(=O)Cc1ccccc1CN. The summed E-state index contributed by atoms with van der Waals surface area (Å²) in [6, 6.07) is 7.47. The van der Waals surface area contributed by atoms with Gasteiger partial charge in [0.05, 0.1) is 10.5 Å². The summed E-state index contributed by atoms with van der Waals surface area (Å²) in [5.41, 5.74) is 7.43. The third kappa shape index (κ3) is 4.42. The van der Waals surface area contributed by atoms with Gasteiger partial charge in [-0.05, 0) is 31.9 Å². The van der Waals surface area contributed by atoms with E-state index in [1.807, 2.05) is 24.3 Å². The third-order valence-corrected chi connectivity index (χ3v) is 5.92. The van der Waals surface area contributed by atoms with Crippen molar-refractivity contribution in [3.63, 3.8) is 0 Å². The molecule has 0 saturated carbocycles. The summed E-state index contributed by atoms with van der Waals surface area (Å²) in [6.07, 6.45) is 0.297. The lowest BCUT2D eigenvalue weighted by Gasteiger charge is -2.18. The van der Waals surface area contributed by atoms with E-state index in [0.717, 1.165) is 11.1 Å². The molecule has 1 rings (SSSR count). The first-order valence-corrected chi connectivity index (χ1v) is 8.33. The number of carbonyl (C=O) groups is 1. The van der Waals surface area contributed by atoms with Crippen LogP contribution in [0.5, 0.6) is 0 Å². The minimum atomic E-state index is -3.25. The minimum absolute atomic E-state index is 0.0541. The number of carbonyl (C=O) groups excluding carboxylic acids is 1. The normalized spacial score (nSPS) is 12.4. The van der Waals surface area contributed by atoms with E-state index in [0.29, 0.717) is 6.54 Å². The molecule has 0 heterocycles. The molecule has 0 unspecified atom stereocenters. The summed E-state index contributed by atoms with van der Waals surface area (Å²) in [4.78, 5) is 11.9. The van der Waals surface area contributed by atoms with Crippen LogP contribution in [0.3, 0.4) is 0 Å². The molecule has 2 N–H and O–H groups in total. The second-order valence-corrected chi connectivity index (χ2v) is 8.73. The van der Waals surface area contributed by atoms with Crippen LogP contribution >= 0.6 is 0 Å². The quantitative estimate of drug-likeness (QED) is 0.869. The molecule has 0 aliphatic carbocycles. The highest BCUT2D eigenvalue weighted by Crippen LogP contribution is 2.17. The maximum Gasteiger partial charge on any atom is 0.155 e. The Hall–Kier alpha value is -1.20. The van der Waals surface area contributed by atoms with Crippen LogP contribution < -0.4 is 5.73 Å². The molecule has 5 heteroatoms. The first kappa shape index (κ1) is 16.9. The van der Waals surface area contributed by atoms with E-state index < -0.39 is 14.6 Å². The predicted octanol–water partition coefficient (Wildman–Crippen LogP) is 1.86. The fourth-order valence-corrected chi connectivity index (χ4v) is 2.89. The summed E-state index contributed by atoms with van der Waals surface area (Å²) in [6.45, 7) is 5.33. The van der Waals surface area contributed by atoms with Crippen molar-refractivity contribution in [2.24, 2.45) is 5.73 Å². The molecule has 1 aromatic rings. The summed E-state index contributed by atoms with van der Waals surface area (Å²) in [5, 5.41) is 0. The van der Waals surface area contributed by atoms with Crippen molar-refractivity contribution in [1.29, 1.82) is 0 Å². The van der Waals surface area contributed by atoms with Crippen molar-refractivity contribution in [3.05, 3.63) is 35.4 Å².